The predicted octanol–water partition coefficient (Wildman–Crippen LogP) is 2.12. The van der Waals surface area contributed by atoms with Crippen LogP contribution in [0.15, 0.2) is 4.52 Å². The molecule has 0 fully saturated rings. The number of rotatable bonds is 3. The van der Waals surface area contributed by atoms with E-state index >= 15 is 0 Å². The molecule has 2 amide bonds. The molecule has 1 rings (SSSR count). The summed E-state index contributed by atoms with van der Waals surface area (Å²) in [6.45, 7) is 8.73. The van der Waals surface area contributed by atoms with Gasteiger partial charge in [-0.15, -0.1) is 0 Å². The van der Waals surface area contributed by atoms with Crippen LogP contribution in [0.1, 0.15) is 32.2 Å². The molecule has 0 saturated carbocycles. The Morgan fingerprint density at radius 3 is 2.24 bits per heavy atom. The number of aromatic nitrogens is 1. The second kappa shape index (κ2) is 6.15. The minimum absolute atomic E-state index is 0.0878. The van der Waals surface area contributed by atoms with E-state index < -0.39 is 11.7 Å². The number of nitrogens with zero attached hydrogens (tertiary/aromatic N) is 3. The van der Waals surface area contributed by atoms with Crippen molar-refractivity contribution in [2.75, 3.05) is 25.5 Å². The summed E-state index contributed by atoms with van der Waals surface area (Å²) in [7, 11) is 3.14. The number of carbonyl (C=O) groups excluding carboxylic acids is 2. The van der Waals surface area contributed by atoms with Crippen molar-refractivity contribution in [2.45, 2.75) is 40.2 Å². The largest absolute Gasteiger partial charge is 0.444 e. The zero-order chi connectivity index (χ0) is 16.4. The molecule has 1 heterocycles. The van der Waals surface area contributed by atoms with Crippen LogP contribution in [0.2, 0.25) is 0 Å². The van der Waals surface area contributed by atoms with Crippen molar-refractivity contribution < 1.29 is 18.8 Å². The van der Waals surface area contributed by atoms with Gasteiger partial charge >= 0.3 is 6.09 Å². The van der Waals surface area contributed by atoms with Crippen molar-refractivity contribution in [3.63, 3.8) is 0 Å². The molecule has 0 aliphatic carbocycles. The topological polar surface area (TPSA) is 75.9 Å². The molecule has 0 unspecified atom stereocenters. The van der Waals surface area contributed by atoms with Gasteiger partial charge in [0.25, 0.3) is 0 Å². The maximum Gasteiger partial charge on any atom is 0.410 e. The highest BCUT2D eigenvalue weighted by atomic mass is 16.6. The minimum Gasteiger partial charge on any atom is -0.444 e. The molecule has 0 atom stereocenters. The van der Waals surface area contributed by atoms with Crippen molar-refractivity contribution in [3.8, 4) is 0 Å². The van der Waals surface area contributed by atoms with Gasteiger partial charge in [0, 0.05) is 14.1 Å². The van der Waals surface area contributed by atoms with Gasteiger partial charge in [0.05, 0.1) is 0 Å². The number of anilines is 1. The van der Waals surface area contributed by atoms with Gasteiger partial charge in [-0.2, -0.15) is 0 Å². The van der Waals surface area contributed by atoms with Gasteiger partial charge < -0.3 is 19.1 Å². The predicted molar refractivity (Wildman–Crippen MR) is 78.3 cm³/mol. The van der Waals surface area contributed by atoms with Crippen molar-refractivity contribution in [1.29, 1.82) is 0 Å². The Kier molecular flexibility index (Phi) is 4.98. The van der Waals surface area contributed by atoms with Gasteiger partial charge in [0.1, 0.15) is 23.5 Å². The molecule has 7 heteroatoms. The summed E-state index contributed by atoms with van der Waals surface area (Å²) in [4.78, 5) is 26.7. The van der Waals surface area contributed by atoms with E-state index in [0.717, 1.165) is 0 Å². The molecule has 0 saturated heterocycles. The van der Waals surface area contributed by atoms with E-state index in [1.54, 1.807) is 41.7 Å². The number of ether oxygens (including phenoxy) is 1. The highest BCUT2D eigenvalue weighted by Crippen LogP contribution is 2.23. The van der Waals surface area contributed by atoms with Gasteiger partial charge in [-0.25, -0.2) is 4.79 Å². The highest BCUT2D eigenvalue weighted by Gasteiger charge is 2.24. The number of hydrogen-bond donors (Lipinski definition) is 0. The molecule has 0 radical (unpaired) electrons. The number of aryl methyl sites for hydroxylation is 2. The van der Waals surface area contributed by atoms with Crippen molar-refractivity contribution in [3.05, 3.63) is 11.5 Å². The Labute approximate surface area is 124 Å². The lowest BCUT2D eigenvalue weighted by atomic mass is 10.2. The van der Waals surface area contributed by atoms with Gasteiger partial charge in [-0.05, 0) is 34.6 Å². The fourth-order valence-corrected chi connectivity index (χ4v) is 1.80. The molecule has 7 nitrogen and oxygen atoms in total. The van der Waals surface area contributed by atoms with E-state index in [-0.39, 0.29) is 12.5 Å². The summed E-state index contributed by atoms with van der Waals surface area (Å²) >= 11 is 0. The van der Waals surface area contributed by atoms with Crippen LogP contribution in [0.4, 0.5) is 10.5 Å². The average molecular weight is 297 g/mol. The standard InChI is InChI=1S/C14H23N3O4/c1-9-12(10(2)21-15-9)17(7)11(18)8-16(6)13(19)20-14(3,4)5/h8H2,1-7H3. The lowest BCUT2D eigenvalue weighted by molar-refractivity contribution is -0.119. The average Bonchev–Trinajstić information content (AvgIpc) is 2.65. The van der Waals surface area contributed by atoms with E-state index in [1.165, 1.54) is 16.8 Å². The Morgan fingerprint density at radius 2 is 1.81 bits per heavy atom. The summed E-state index contributed by atoms with van der Waals surface area (Å²) < 4.78 is 10.2. The molecule has 0 aliphatic rings. The van der Waals surface area contributed by atoms with E-state index in [0.29, 0.717) is 17.1 Å². The normalized spacial score (nSPS) is 11.2. The molecule has 0 bridgehead atoms. The van der Waals surface area contributed by atoms with Gasteiger partial charge in [0.15, 0.2) is 5.76 Å². The van der Waals surface area contributed by atoms with E-state index in [2.05, 4.69) is 5.16 Å². The monoisotopic (exact) mass is 297 g/mol. The molecule has 118 valence electrons. The van der Waals surface area contributed by atoms with Crippen molar-refractivity contribution >= 4 is 17.7 Å². The van der Waals surface area contributed by atoms with E-state index in [4.69, 9.17) is 9.26 Å². The first-order valence-electron chi connectivity index (χ1n) is 6.66. The fraction of sp³-hybridized carbons (Fsp3) is 0.643. The SMILES string of the molecule is Cc1noc(C)c1N(C)C(=O)CN(C)C(=O)OC(C)(C)C. The molecule has 1 aromatic rings. The van der Waals surface area contributed by atoms with Crippen LogP contribution in [-0.2, 0) is 9.53 Å². The molecular formula is C14H23N3O4. The van der Waals surface area contributed by atoms with Crippen molar-refractivity contribution in [1.82, 2.24) is 10.1 Å². The smallest absolute Gasteiger partial charge is 0.410 e. The first-order valence-corrected chi connectivity index (χ1v) is 6.66. The van der Waals surface area contributed by atoms with Crippen LogP contribution >= 0.6 is 0 Å². The van der Waals surface area contributed by atoms with Crippen LogP contribution in [-0.4, -0.2) is 48.3 Å². The zero-order valence-corrected chi connectivity index (χ0v) is 13.7. The lowest BCUT2D eigenvalue weighted by Gasteiger charge is -2.25. The van der Waals surface area contributed by atoms with Gasteiger partial charge in [0.2, 0.25) is 5.91 Å². The second-order valence-corrected chi connectivity index (χ2v) is 5.96. The van der Waals surface area contributed by atoms with E-state index in [9.17, 15) is 9.59 Å². The van der Waals surface area contributed by atoms with Crippen LogP contribution in [0.5, 0.6) is 0 Å². The van der Waals surface area contributed by atoms with Gasteiger partial charge in [-0.1, -0.05) is 5.16 Å². The quantitative estimate of drug-likeness (QED) is 0.854. The first kappa shape index (κ1) is 17.0. The molecule has 1 aromatic heterocycles. The molecule has 0 spiro atoms. The number of hydrogen-bond acceptors (Lipinski definition) is 5. The van der Waals surface area contributed by atoms with Crippen LogP contribution in [0.3, 0.4) is 0 Å². The summed E-state index contributed by atoms with van der Waals surface area (Å²) in [6, 6.07) is 0. The summed E-state index contributed by atoms with van der Waals surface area (Å²) in [6.07, 6.45) is -0.539. The Morgan fingerprint density at radius 1 is 1.24 bits per heavy atom. The number of carbonyl (C=O) groups is 2. The number of amides is 2. The third-order valence-corrected chi connectivity index (χ3v) is 2.78. The zero-order valence-electron chi connectivity index (χ0n) is 13.7. The minimum atomic E-state index is -0.595. The lowest BCUT2D eigenvalue weighted by Crippen LogP contribution is -2.42. The molecule has 21 heavy (non-hydrogen) atoms. The highest BCUT2D eigenvalue weighted by molar-refractivity contribution is 5.96. The number of likely N-dealkylation sites (N-methyl/N-ethyl adjacent to an activating group) is 2. The van der Waals surface area contributed by atoms with Crippen LogP contribution < -0.4 is 4.90 Å². The Hall–Kier alpha value is -2.05. The molecule has 0 aromatic carbocycles. The van der Waals surface area contributed by atoms with E-state index in [1.807, 2.05) is 0 Å². The van der Waals surface area contributed by atoms with Gasteiger partial charge in [-0.3, -0.25) is 4.79 Å². The molecular weight excluding hydrogens is 274 g/mol. The maximum atomic E-state index is 12.2. The van der Waals surface area contributed by atoms with Crippen molar-refractivity contribution in [2.24, 2.45) is 0 Å². The summed E-state index contributed by atoms with van der Waals surface area (Å²) in [5.74, 6) is 0.307. The van der Waals surface area contributed by atoms with Crippen LogP contribution in [0, 0.1) is 13.8 Å². The third-order valence-electron chi connectivity index (χ3n) is 2.78. The Balaban J connectivity index is 2.71. The maximum absolute atomic E-state index is 12.2. The Bertz CT molecular complexity index is 511. The fourth-order valence-electron chi connectivity index (χ4n) is 1.80. The molecule has 0 N–H and O–H groups in total. The molecule has 0 aliphatic heterocycles. The third kappa shape index (κ3) is 4.47. The second-order valence-electron chi connectivity index (χ2n) is 5.96. The summed E-state index contributed by atoms with van der Waals surface area (Å²) in [5.41, 5.74) is 0.656. The van der Waals surface area contributed by atoms with Crippen LogP contribution in [0.25, 0.3) is 0 Å². The first-order chi connectivity index (χ1) is 9.53. The summed E-state index contributed by atoms with van der Waals surface area (Å²) in [5, 5.41) is 3.81.